The highest BCUT2D eigenvalue weighted by Crippen LogP contribution is 2.18. The zero-order valence-corrected chi connectivity index (χ0v) is 10.1. The second kappa shape index (κ2) is 4.93. The average Bonchev–Trinajstić information content (AvgIpc) is 2.06. The summed E-state index contributed by atoms with van der Waals surface area (Å²) in [5, 5.41) is 0.127. The molecular weight excluding hydrogens is 255 g/mol. The van der Waals surface area contributed by atoms with Crippen molar-refractivity contribution in [1.82, 2.24) is 0 Å². The van der Waals surface area contributed by atoms with Gasteiger partial charge in [0, 0.05) is 17.7 Å². The van der Waals surface area contributed by atoms with E-state index in [9.17, 15) is 17.6 Å². The molecule has 88 valence electrons. The monoisotopic (exact) mass is 264 g/mol. The maximum absolute atomic E-state index is 12.7. The van der Waals surface area contributed by atoms with E-state index in [1.165, 1.54) is 12.1 Å². The first-order chi connectivity index (χ1) is 7.28. The van der Waals surface area contributed by atoms with E-state index in [4.69, 9.17) is 11.6 Å². The van der Waals surface area contributed by atoms with Gasteiger partial charge in [0.25, 0.3) is 0 Å². The van der Waals surface area contributed by atoms with Crippen LogP contribution < -0.4 is 0 Å². The molecule has 0 radical (unpaired) electrons. The standard InChI is InChI=1S/C10H10ClFO3S/c1-16(14,15)6-9(13)4-7-2-3-8(12)5-10(7)11/h2-3,5H,4,6H2,1H3. The molecule has 0 aromatic heterocycles. The molecule has 1 aromatic carbocycles. The van der Waals surface area contributed by atoms with Crippen LogP contribution in [0.2, 0.25) is 5.02 Å². The minimum Gasteiger partial charge on any atom is -0.298 e. The Morgan fingerprint density at radius 2 is 2.06 bits per heavy atom. The van der Waals surface area contributed by atoms with Gasteiger partial charge in [0.15, 0.2) is 15.6 Å². The predicted octanol–water partition coefficient (Wildman–Crippen LogP) is 1.64. The third-order valence-corrected chi connectivity index (χ3v) is 3.02. The van der Waals surface area contributed by atoms with Crippen molar-refractivity contribution < 1.29 is 17.6 Å². The Labute approximate surface area is 98.1 Å². The van der Waals surface area contributed by atoms with Crippen LogP contribution in [0.3, 0.4) is 0 Å². The zero-order valence-electron chi connectivity index (χ0n) is 8.54. The molecule has 0 amide bonds. The van der Waals surface area contributed by atoms with E-state index in [1.54, 1.807) is 0 Å². The summed E-state index contributed by atoms with van der Waals surface area (Å²) in [6.07, 6.45) is 0.878. The van der Waals surface area contributed by atoms with Crippen molar-refractivity contribution in [2.24, 2.45) is 0 Å². The third-order valence-electron chi connectivity index (χ3n) is 1.83. The Morgan fingerprint density at radius 3 is 2.56 bits per heavy atom. The third kappa shape index (κ3) is 4.28. The number of halogens is 2. The maximum atomic E-state index is 12.7. The van der Waals surface area contributed by atoms with Crippen molar-refractivity contribution in [2.45, 2.75) is 6.42 Å². The number of hydrogen-bond donors (Lipinski definition) is 0. The summed E-state index contributed by atoms with van der Waals surface area (Å²) in [6, 6.07) is 3.64. The molecule has 0 atom stereocenters. The second-order valence-corrected chi connectivity index (χ2v) is 6.07. The molecule has 0 bridgehead atoms. The highest BCUT2D eigenvalue weighted by molar-refractivity contribution is 7.91. The Hall–Kier alpha value is -0.940. The van der Waals surface area contributed by atoms with Crippen molar-refractivity contribution in [1.29, 1.82) is 0 Å². The molecule has 6 heteroatoms. The Kier molecular flexibility index (Phi) is 4.04. The molecule has 1 aromatic rings. The SMILES string of the molecule is CS(=O)(=O)CC(=O)Cc1ccc(F)cc1Cl. The molecule has 0 aliphatic carbocycles. The lowest BCUT2D eigenvalue weighted by molar-refractivity contribution is -0.116. The first-order valence-electron chi connectivity index (χ1n) is 4.41. The lowest BCUT2D eigenvalue weighted by Gasteiger charge is -2.03. The predicted molar refractivity (Wildman–Crippen MR) is 59.8 cm³/mol. The summed E-state index contributed by atoms with van der Waals surface area (Å²) < 4.78 is 34.4. The first kappa shape index (κ1) is 13.1. The van der Waals surface area contributed by atoms with Gasteiger partial charge in [0.1, 0.15) is 11.6 Å². The molecule has 0 fully saturated rings. The molecule has 0 N–H and O–H groups in total. The number of hydrogen-bond acceptors (Lipinski definition) is 3. The van der Waals surface area contributed by atoms with Crippen LogP contribution in [0.4, 0.5) is 4.39 Å². The van der Waals surface area contributed by atoms with Gasteiger partial charge in [-0.3, -0.25) is 4.79 Å². The highest BCUT2D eigenvalue weighted by atomic mass is 35.5. The van der Waals surface area contributed by atoms with Gasteiger partial charge in [-0.2, -0.15) is 0 Å². The number of carbonyl (C=O) groups is 1. The van der Waals surface area contributed by atoms with E-state index >= 15 is 0 Å². The molecule has 0 saturated heterocycles. The summed E-state index contributed by atoms with van der Waals surface area (Å²) >= 11 is 5.70. The van der Waals surface area contributed by atoms with E-state index < -0.39 is 27.2 Å². The Morgan fingerprint density at radius 1 is 1.44 bits per heavy atom. The van der Waals surface area contributed by atoms with E-state index in [2.05, 4.69) is 0 Å². The minimum absolute atomic E-state index is 0.105. The van der Waals surface area contributed by atoms with Gasteiger partial charge in [-0.1, -0.05) is 17.7 Å². The fraction of sp³-hybridized carbons (Fsp3) is 0.300. The molecule has 3 nitrogen and oxygen atoms in total. The van der Waals surface area contributed by atoms with E-state index in [0.29, 0.717) is 5.56 Å². The van der Waals surface area contributed by atoms with Crippen LogP contribution in [-0.4, -0.2) is 26.2 Å². The molecule has 0 heterocycles. The summed E-state index contributed by atoms with van der Waals surface area (Å²) in [7, 11) is -3.33. The number of carbonyl (C=O) groups excluding carboxylic acids is 1. The van der Waals surface area contributed by atoms with Crippen molar-refractivity contribution in [3.05, 3.63) is 34.6 Å². The van der Waals surface area contributed by atoms with Crippen molar-refractivity contribution in [3.8, 4) is 0 Å². The smallest absolute Gasteiger partial charge is 0.154 e. The van der Waals surface area contributed by atoms with Crippen LogP contribution in [0.1, 0.15) is 5.56 Å². The van der Waals surface area contributed by atoms with Gasteiger partial charge < -0.3 is 0 Å². The molecule has 0 saturated carbocycles. The molecule has 0 aliphatic heterocycles. The Balaban J connectivity index is 2.78. The van der Waals surface area contributed by atoms with Crippen molar-refractivity contribution >= 4 is 27.2 Å². The number of Topliss-reactive ketones (excluding diaryl/α,β-unsaturated/α-hetero) is 1. The van der Waals surface area contributed by atoms with Crippen LogP contribution in [0.25, 0.3) is 0 Å². The van der Waals surface area contributed by atoms with Gasteiger partial charge in [-0.15, -0.1) is 0 Å². The maximum Gasteiger partial charge on any atom is 0.154 e. The summed E-state index contributed by atoms with van der Waals surface area (Å²) in [6.45, 7) is 0. The highest BCUT2D eigenvalue weighted by Gasteiger charge is 2.13. The molecule has 0 spiro atoms. The topological polar surface area (TPSA) is 51.2 Å². The summed E-state index contributed by atoms with van der Waals surface area (Å²) in [4.78, 5) is 11.3. The summed E-state index contributed by atoms with van der Waals surface area (Å²) in [5.41, 5.74) is 0.428. The number of sulfone groups is 1. The van der Waals surface area contributed by atoms with Crippen LogP contribution in [0.15, 0.2) is 18.2 Å². The second-order valence-electron chi connectivity index (χ2n) is 3.52. The quantitative estimate of drug-likeness (QED) is 0.831. The van der Waals surface area contributed by atoms with Crippen LogP contribution in [-0.2, 0) is 21.1 Å². The van der Waals surface area contributed by atoms with Crippen LogP contribution >= 0.6 is 11.6 Å². The van der Waals surface area contributed by atoms with E-state index in [0.717, 1.165) is 12.3 Å². The van der Waals surface area contributed by atoms with Crippen LogP contribution in [0, 0.1) is 5.82 Å². The summed E-state index contributed by atoms with van der Waals surface area (Å²) in [5.74, 6) is -1.49. The first-order valence-corrected chi connectivity index (χ1v) is 6.85. The molecule has 1 rings (SSSR count). The largest absolute Gasteiger partial charge is 0.298 e. The number of rotatable bonds is 4. The van der Waals surface area contributed by atoms with Gasteiger partial charge in [-0.25, -0.2) is 12.8 Å². The lowest BCUT2D eigenvalue weighted by atomic mass is 10.1. The van der Waals surface area contributed by atoms with Crippen molar-refractivity contribution in [3.63, 3.8) is 0 Å². The zero-order chi connectivity index (χ0) is 12.3. The Bertz CT molecular complexity index is 511. The average molecular weight is 265 g/mol. The van der Waals surface area contributed by atoms with Gasteiger partial charge in [0.2, 0.25) is 0 Å². The fourth-order valence-electron chi connectivity index (χ4n) is 1.22. The molecule has 0 aliphatic rings. The number of benzene rings is 1. The molecular formula is C10H10ClFO3S. The lowest BCUT2D eigenvalue weighted by Crippen LogP contribution is -2.16. The molecule has 16 heavy (non-hydrogen) atoms. The molecule has 0 unspecified atom stereocenters. The van der Waals surface area contributed by atoms with Crippen molar-refractivity contribution in [2.75, 3.05) is 12.0 Å². The van der Waals surface area contributed by atoms with Gasteiger partial charge in [-0.05, 0) is 17.7 Å². The van der Waals surface area contributed by atoms with Gasteiger partial charge in [0.05, 0.1) is 0 Å². The van der Waals surface area contributed by atoms with Crippen LogP contribution in [0.5, 0.6) is 0 Å². The van der Waals surface area contributed by atoms with Gasteiger partial charge >= 0.3 is 0 Å². The fourth-order valence-corrected chi connectivity index (χ4v) is 2.14. The van der Waals surface area contributed by atoms with E-state index in [-0.39, 0.29) is 11.4 Å². The normalized spacial score (nSPS) is 11.4. The number of ketones is 1. The van der Waals surface area contributed by atoms with E-state index in [1.807, 2.05) is 0 Å². The minimum atomic E-state index is -3.33.